The second kappa shape index (κ2) is 6.98. The lowest BCUT2D eigenvalue weighted by Crippen LogP contribution is -2.45. The molecule has 1 aliphatic heterocycles. The van der Waals surface area contributed by atoms with E-state index in [1.54, 1.807) is 6.07 Å². The summed E-state index contributed by atoms with van der Waals surface area (Å²) >= 11 is 0. The van der Waals surface area contributed by atoms with E-state index in [2.05, 4.69) is 10.6 Å². The minimum Gasteiger partial charge on any atom is -0.352 e. The zero-order valence-electron chi connectivity index (χ0n) is 14.1. The Morgan fingerprint density at radius 2 is 2.04 bits per heavy atom. The summed E-state index contributed by atoms with van der Waals surface area (Å²) in [7, 11) is 0. The van der Waals surface area contributed by atoms with Gasteiger partial charge in [0.05, 0.1) is 0 Å². The first kappa shape index (κ1) is 17.9. The van der Waals surface area contributed by atoms with Crippen LogP contribution in [0.5, 0.6) is 0 Å². The Balaban J connectivity index is 2.14. The highest BCUT2D eigenvalue weighted by Gasteiger charge is 2.50. The molecule has 2 N–H and O–H groups in total. The van der Waals surface area contributed by atoms with Crippen molar-refractivity contribution in [3.8, 4) is 0 Å². The molecule has 1 aliphatic rings. The average molecular weight is 335 g/mol. The predicted octanol–water partition coefficient (Wildman–Crippen LogP) is 1.90. The highest BCUT2D eigenvalue weighted by molar-refractivity contribution is 6.09. The van der Waals surface area contributed by atoms with Crippen LogP contribution < -0.4 is 10.6 Å². The van der Waals surface area contributed by atoms with Gasteiger partial charge < -0.3 is 10.6 Å². The number of amides is 4. The molecule has 0 radical (unpaired) electrons. The third-order valence-electron chi connectivity index (χ3n) is 4.12. The number of nitrogens with one attached hydrogen (secondary N) is 2. The molecule has 2 rings (SSSR count). The monoisotopic (exact) mass is 335 g/mol. The summed E-state index contributed by atoms with van der Waals surface area (Å²) in [5, 5.41) is 5.23. The van der Waals surface area contributed by atoms with Crippen LogP contribution in [0.15, 0.2) is 24.3 Å². The molecule has 1 fully saturated rings. The first-order chi connectivity index (χ1) is 11.3. The van der Waals surface area contributed by atoms with Gasteiger partial charge in [-0.3, -0.25) is 14.5 Å². The van der Waals surface area contributed by atoms with Crippen molar-refractivity contribution in [3.05, 3.63) is 35.6 Å². The lowest BCUT2D eigenvalue weighted by Gasteiger charge is -2.22. The van der Waals surface area contributed by atoms with Crippen LogP contribution in [0.3, 0.4) is 0 Å². The van der Waals surface area contributed by atoms with Crippen molar-refractivity contribution >= 4 is 17.8 Å². The molecule has 4 amide bonds. The van der Waals surface area contributed by atoms with E-state index in [1.807, 2.05) is 13.8 Å². The number of nitrogens with zero attached hydrogens (tertiary/aromatic N) is 1. The number of hydrogen-bond acceptors (Lipinski definition) is 3. The summed E-state index contributed by atoms with van der Waals surface area (Å²) in [6.45, 7) is 4.91. The molecule has 1 aromatic rings. The Morgan fingerprint density at radius 3 is 2.67 bits per heavy atom. The molecule has 1 saturated heterocycles. The van der Waals surface area contributed by atoms with Crippen LogP contribution in [-0.2, 0) is 15.1 Å². The molecule has 0 saturated carbocycles. The molecule has 0 aliphatic carbocycles. The van der Waals surface area contributed by atoms with Crippen LogP contribution in [0.1, 0.15) is 39.2 Å². The van der Waals surface area contributed by atoms with E-state index in [0.717, 1.165) is 17.7 Å². The molecule has 0 unspecified atom stereocenters. The number of imide groups is 1. The maximum atomic E-state index is 14.0. The molecule has 7 heteroatoms. The van der Waals surface area contributed by atoms with E-state index in [9.17, 15) is 18.8 Å². The van der Waals surface area contributed by atoms with Crippen LogP contribution >= 0.6 is 0 Å². The molecular formula is C17H22FN3O3. The van der Waals surface area contributed by atoms with Crippen LogP contribution in [0.2, 0.25) is 0 Å². The summed E-state index contributed by atoms with van der Waals surface area (Å²) in [5.74, 6) is -1.65. The van der Waals surface area contributed by atoms with E-state index in [1.165, 1.54) is 25.1 Å². The standard InChI is InChI=1S/C17H22FN3O3/c1-4-7-11(2)19-14(22)10-21-15(23)17(3,20-16(21)24)12-8-5-6-9-13(12)18/h5-6,8-9,11H,4,7,10H2,1-3H3,(H,19,22)(H,20,24)/t11-,17-/m0/s1. The largest absolute Gasteiger partial charge is 0.352 e. The maximum Gasteiger partial charge on any atom is 0.325 e. The van der Waals surface area contributed by atoms with Gasteiger partial charge in [0.2, 0.25) is 5.91 Å². The second-order valence-electron chi connectivity index (χ2n) is 6.18. The van der Waals surface area contributed by atoms with E-state index in [-0.39, 0.29) is 18.2 Å². The Morgan fingerprint density at radius 1 is 1.38 bits per heavy atom. The van der Waals surface area contributed by atoms with Crippen LogP contribution in [0, 0.1) is 5.82 Å². The summed E-state index contributed by atoms with van der Waals surface area (Å²) in [5.41, 5.74) is -1.44. The Kier molecular flexibility index (Phi) is 5.21. The van der Waals surface area contributed by atoms with E-state index in [0.29, 0.717) is 0 Å². The van der Waals surface area contributed by atoms with Crippen molar-refractivity contribution in [2.45, 2.75) is 45.2 Å². The molecule has 130 valence electrons. The van der Waals surface area contributed by atoms with Crippen molar-refractivity contribution in [1.82, 2.24) is 15.5 Å². The van der Waals surface area contributed by atoms with Gasteiger partial charge in [0, 0.05) is 11.6 Å². The number of halogens is 1. The normalized spacial score (nSPS) is 21.6. The third-order valence-corrected chi connectivity index (χ3v) is 4.12. The Hall–Kier alpha value is -2.44. The van der Waals surface area contributed by atoms with Crippen molar-refractivity contribution < 1.29 is 18.8 Å². The molecule has 24 heavy (non-hydrogen) atoms. The first-order valence-corrected chi connectivity index (χ1v) is 7.98. The number of hydrogen-bond donors (Lipinski definition) is 2. The summed E-state index contributed by atoms with van der Waals surface area (Å²) in [6.07, 6.45) is 1.72. The number of urea groups is 1. The number of rotatable bonds is 6. The van der Waals surface area contributed by atoms with Gasteiger partial charge in [-0.25, -0.2) is 9.18 Å². The summed E-state index contributed by atoms with van der Waals surface area (Å²) in [6, 6.07) is 5.02. The molecule has 0 spiro atoms. The third kappa shape index (κ3) is 3.39. The summed E-state index contributed by atoms with van der Waals surface area (Å²) in [4.78, 5) is 37.6. The van der Waals surface area contributed by atoms with Gasteiger partial charge in [-0.05, 0) is 26.3 Å². The molecule has 0 aromatic heterocycles. The van der Waals surface area contributed by atoms with Gasteiger partial charge in [0.1, 0.15) is 17.9 Å². The molecule has 0 bridgehead atoms. The Labute approximate surface area is 140 Å². The van der Waals surface area contributed by atoms with Gasteiger partial charge in [0.25, 0.3) is 5.91 Å². The van der Waals surface area contributed by atoms with Crippen LogP contribution in [-0.4, -0.2) is 35.3 Å². The number of benzene rings is 1. The van der Waals surface area contributed by atoms with Gasteiger partial charge >= 0.3 is 6.03 Å². The fraction of sp³-hybridized carbons (Fsp3) is 0.471. The lowest BCUT2D eigenvalue weighted by molar-refractivity contribution is -0.135. The SMILES string of the molecule is CCC[C@H](C)NC(=O)CN1C(=O)N[C@@](C)(c2ccccc2F)C1=O. The van der Waals surface area contributed by atoms with Gasteiger partial charge in [0.15, 0.2) is 0 Å². The fourth-order valence-electron chi connectivity index (χ4n) is 2.86. The highest BCUT2D eigenvalue weighted by atomic mass is 19.1. The lowest BCUT2D eigenvalue weighted by atomic mass is 9.91. The quantitative estimate of drug-likeness (QED) is 0.779. The van der Waals surface area contributed by atoms with Gasteiger partial charge in [-0.2, -0.15) is 0 Å². The minimum atomic E-state index is -1.52. The smallest absolute Gasteiger partial charge is 0.325 e. The first-order valence-electron chi connectivity index (χ1n) is 7.98. The van der Waals surface area contributed by atoms with Crippen molar-refractivity contribution in [2.75, 3.05) is 6.54 Å². The zero-order valence-corrected chi connectivity index (χ0v) is 14.1. The molecule has 1 heterocycles. The van der Waals surface area contributed by atoms with Crippen molar-refractivity contribution in [1.29, 1.82) is 0 Å². The van der Waals surface area contributed by atoms with Crippen LogP contribution in [0.25, 0.3) is 0 Å². The van der Waals surface area contributed by atoms with E-state index >= 15 is 0 Å². The maximum absolute atomic E-state index is 14.0. The van der Waals surface area contributed by atoms with Crippen molar-refractivity contribution in [3.63, 3.8) is 0 Å². The van der Waals surface area contributed by atoms with E-state index in [4.69, 9.17) is 0 Å². The number of carbonyl (C=O) groups excluding carboxylic acids is 3. The fourth-order valence-corrected chi connectivity index (χ4v) is 2.86. The molecular weight excluding hydrogens is 313 g/mol. The predicted molar refractivity (Wildman–Crippen MR) is 86.5 cm³/mol. The van der Waals surface area contributed by atoms with Crippen LogP contribution in [0.4, 0.5) is 9.18 Å². The van der Waals surface area contributed by atoms with Crippen molar-refractivity contribution in [2.24, 2.45) is 0 Å². The second-order valence-corrected chi connectivity index (χ2v) is 6.18. The van der Waals surface area contributed by atoms with E-state index < -0.39 is 29.2 Å². The average Bonchev–Trinajstić information content (AvgIpc) is 2.72. The molecule has 2 atom stereocenters. The topological polar surface area (TPSA) is 78.5 Å². The Bertz CT molecular complexity index is 664. The number of carbonyl (C=O) groups is 3. The van der Waals surface area contributed by atoms with Gasteiger partial charge in [-0.15, -0.1) is 0 Å². The van der Waals surface area contributed by atoms with Gasteiger partial charge in [-0.1, -0.05) is 31.5 Å². The zero-order chi connectivity index (χ0) is 17.9. The molecule has 1 aromatic carbocycles. The molecule has 6 nitrogen and oxygen atoms in total. The minimum absolute atomic E-state index is 0.0405. The highest BCUT2D eigenvalue weighted by Crippen LogP contribution is 2.30. The summed E-state index contributed by atoms with van der Waals surface area (Å²) < 4.78 is 14.0.